The Balaban J connectivity index is 0.000000720. The number of halogens is 1. The number of fused-ring (bicyclic) bond motifs is 1. The minimum absolute atomic E-state index is 0. The molecule has 12 heavy (non-hydrogen) atoms. The molecule has 1 aromatic rings. The number of nitrogens with two attached hydrogens (primary N) is 1. The van der Waals surface area contributed by atoms with Crippen LogP contribution in [0.2, 0.25) is 0 Å². The van der Waals surface area contributed by atoms with Gasteiger partial charge < -0.3 is 10.5 Å². The molecular weight excluding hydrogens is 174 g/mol. The summed E-state index contributed by atoms with van der Waals surface area (Å²) in [7, 11) is 0. The second-order valence-electron chi connectivity index (χ2n) is 2.96. The molecule has 0 saturated heterocycles. The van der Waals surface area contributed by atoms with Crippen molar-refractivity contribution in [2.45, 2.75) is 13.0 Å². The Morgan fingerprint density at radius 2 is 2.25 bits per heavy atom. The number of benzene rings is 1. The Bertz CT molecular complexity index is 288. The van der Waals surface area contributed by atoms with Crippen LogP contribution in [0.15, 0.2) is 18.2 Å². The highest BCUT2D eigenvalue weighted by atomic mass is 35.5. The SMILES string of the molecule is Cc1ccc2c(c1)OCC2N.Cl. The molecule has 1 unspecified atom stereocenters. The van der Waals surface area contributed by atoms with Crippen molar-refractivity contribution < 1.29 is 4.74 Å². The number of aryl methyl sites for hydroxylation is 1. The second-order valence-corrected chi connectivity index (χ2v) is 2.96. The fourth-order valence-electron chi connectivity index (χ4n) is 1.34. The predicted octanol–water partition coefficient (Wildman–Crippen LogP) is 1.81. The van der Waals surface area contributed by atoms with Gasteiger partial charge in [-0.15, -0.1) is 12.4 Å². The van der Waals surface area contributed by atoms with E-state index in [1.165, 1.54) is 5.56 Å². The molecule has 0 aliphatic carbocycles. The highest BCUT2D eigenvalue weighted by molar-refractivity contribution is 5.85. The van der Waals surface area contributed by atoms with Crippen LogP contribution in [0.5, 0.6) is 5.75 Å². The molecular formula is C9H12ClNO. The lowest BCUT2D eigenvalue weighted by Crippen LogP contribution is -2.10. The summed E-state index contributed by atoms with van der Waals surface area (Å²) in [5.74, 6) is 0.956. The van der Waals surface area contributed by atoms with Crippen LogP contribution < -0.4 is 10.5 Å². The van der Waals surface area contributed by atoms with E-state index in [9.17, 15) is 0 Å². The molecule has 66 valence electrons. The largest absolute Gasteiger partial charge is 0.491 e. The molecule has 1 atom stereocenters. The highest BCUT2D eigenvalue weighted by Crippen LogP contribution is 2.30. The fraction of sp³-hybridized carbons (Fsp3) is 0.333. The minimum Gasteiger partial charge on any atom is -0.491 e. The number of hydrogen-bond acceptors (Lipinski definition) is 2. The van der Waals surface area contributed by atoms with Crippen LogP contribution in [0.3, 0.4) is 0 Å². The van der Waals surface area contributed by atoms with Crippen LogP contribution in [-0.2, 0) is 0 Å². The van der Waals surface area contributed by atoms with Gasteiger partial charge in [-0.3, -0.25) is 0 Å². The molecule has 1 heterocycles. The zero-order chi connectivity index (χ0) is 7.84. The first kappa shape index (κ1) is 9.36. The molecule has 0 amide bonds. The first-order valence-corrected chi connectivity index (χ1v) is 3.76. The smallest absolute Gasteiger partial charge is 0.124 e. The molecule has 2 rings (SSSR count). The molecule has 1 aliphatic rings. The molecule has 0 saturated carbocycles. The predicted molar refractivity (Wildman–Crippen MR) is 50.9 cm³/mol. The van der Waals surface area contributed by atoms with E-state index in [1.807, 2.05) is 19.1 Å². The Hall–Kier alpha value is -0.730. The summed E-state index contributed by atoms with van der Waals surface area (Å²) in [4.78, 5) is 0. The van der Waals surface area contributed by atoms with Crippen molar-refractivity contribution >= 4 is 12.4 Å². The topological polar surface area (TPSA) is 35.2 Å². The summed E-state index contributed by atoms with van der Waals surface area (Å²) < 4.78 is 5.37. The molecule has 0 spiro atoms. The maximum absolute atomic E-state index is 5.77. The van der Waals surface area contributed by atoms with Gasteiger partial charge in [0.25, 0.3) is 0 Å². The van der Waals surface area contributed by atoms with Gasteiger partial charge in [-0.25, -0.2) is 0 Å². The van der Waals surface area contributed by atoms with Gasteiger partial charge in [-0.1, -0.05) is 12.1 Å². The van der Waals surface area contributed by atoms with Gasteiger partial charge in [0.1, 0.15) is 12.4 Å². The number of rotatable bonds is 0. The lowest BCUT2D eigenvalue weighted by atomic mass is 10.1. The monoisotopic (exact) mass is 185 g/mol. The minimum atomic E-state index is 0. The first-order chi connectivity index (χ1) is 5.27. The van der Waals surface area contributed by atoms with Crippen LogP contribution in [-0.4, -0.2) is 6.61 Å². The van der Waals surface area contributed by atoms with E-state index in [4.69, 9.17) is 10.5 Å². The molecule has 0 fully saturated rings. The summed E-state index contributed by atoms with van der Waals surface area (Å²) in [6.45, 7) is 2.67. The van der Waals surface area contributed by atoms with Gasteiger partial charge in [0.15, 0.2) is 0 Å². The quantitative estimate of drug-likeness (QED) is 0.669. The van der Waals surface area contributed by atoms with Gasteiger partial charge >= 0.3 is 0 Å². The van der Waals surface area contributed by atoms with Crippen molar-refractivity contribution in [3.8, 4) is 5.75 Å². The van der Waals surface area contributed by atoms with E-state index in [0.29, 0.717) is 6.61 Å². The van der Waals surface area contributed by atoms with E-state index in [0.717, 1.165) is 11.3 Å². The zero-order valence-corrected chi connectivity index (χ0v) is 7.73. The molecule has 2 nitrogen and oxygen atoms in total. The lowest BCUT2D eigenvalue weighted by Gasteiger charge is -1.99. The van der Waals surface area contributed by atoms with Crippen LogP contribution in [0.25, 0.3) is 0 Å². The van der Waals surface area contributed by atoms with Crippen molar-refractivity contribution in [1.82, 2.24) is 0 Å². The maximum Gasteiger partial charge on any atom is 0.124 e. The summed E-state index contributed by atoms with van der Waals surface area (Å²) in [6.07, 6.45) is 0. The Morgan fingerprint density at radius 1 is 1.50 bits per heavy atom. The normalized spacial score (nSPS) is 19.3. The standard InChI is InChI=1S/C9H11NO.ClH/c1-6-2-3-7-8(10)5-11-9(7)4-6;/h2-4,8H,5,10H2,1H3;1H. The average molecular weight is 186 g/mol. The summed E-state index contributed by atoms with van der Waals surface area (Å²) in [6, 6.07) is 6.21. The van der Waals surface area contributed by atoms with Crippen molar-refractivity contribution in [2.75, 3.05) is 6.61 Å². The van der Waals surface area contributed by atoms with Crippen molar-refractivity contribution in [1.29, 1.82) is 0 Å². The van der Waals surface area contributed by atoms with Gasteiger partial charge in [0, 0.05) is 5.56 Å². The zero-order valence-electron chi connectivity index (χ0n) is 6.91. The van der Waals surface area contributed by atoms with E-state index >= 15 is 0 Å². The highest BCUT2D eigenvalue weighted by Gasteiger charge is 2.19. The summed E-state index contributed by atoms with van der Waals surface area (Å²) in [5, 5.41) is 0. The van der Waals surface area contributed by atoms with E-state index in [2.05, 4.69) is 6.07 Å². The summed E-state index contributed by atoms with van der Waals surface area (Å²) >= 11 is 0. The molecule has 3 heteroatoms. The van der Waals surface area contributed by atoms with Gasteiger partial charge in [0.05, 0.1) is 6.04 Å². The third-order valence-electron chi connectivity index (χ3n) is 1.99. The van der Waals surface area contributed by atoms with Crippen molar-refractivity contribution in [3.05, 3.63) is 29.3 Å². The van der Waals surface area contributed by atoms with Gasteiger partial charge in [-0.2, -0.15) is 0 Å². The van der Waals surface area contributed by atoms with Gasteiger partial charge in [0.2, 0.25) is 0 Å². The van der Waals surface area contributed by atoms with Crippen LogP contribution >= 0.6 is 12.4 Å². The van der Waals surface area contributed by atoms with Crippen LogP contribution in [0.4, 0.5) is 0 Å². The first-order valence-electron chi connectivity index (χ1n) is 3.76. The van der Waals surface area contributed by atoms with Gasteiger partial charge in [-0.05, 0) is 18.6 Å². The van der Waals surface area contributed by atoms with Crippen molar-refractivity contribution in [2.24, 2.45) is 5.73 Å². The molecule has 2 N–H and O–H groups in total. The maximum atomic E-state index is 5.77. The Morgan fingerprint density at radius 3 is 3.00 bits per heavy atom. The van der Waals surface area contributed by atoms with E-state index < -0.39 is 0 Å². The third kappa shape index (κ3) is 1.40. The van der Waals surface area contributed by atoms with E-state index in [-0.39, 0.29) is 18.4 Å². The molecule has 1 aliphatic heterocycles. The number of ether oxygens (including phenoxy) is 1. The molecule has 0 bridgehead atoms. The fourth-order valence-corrected chi connectivity index (χ4v) is 1.34. The Kier molecular flexibility index (Phi) is 2.60. The molecule has 0 aromatic heterocycles. The van der Waals surface area contributed by atoms with Crippen LogP contribution in [0, 0.1) is 6.92 Å². The third-order valence-corrected chi connectivity index (χ3v) is 1.99. The second kappa shape index (κ2) is 3.33. The summed E-state index contributed by atoms with van der Waals surface area (Å²) in [5.41, 5.74) is 8.13. The Labute approximate surface area is 78.1 Å². The number of hydrogen-bond donors (Lipinski definition) is 1. The molecule has 0 radical (unpaired) electrons. The lowest BCUT2D eigenvalue weighted by molar-refractivity contribution is 0.333. The van der Waals surface area contributed by atoms with E-state index in [1.54, 1.807) is 0 Å². The molecule has 1 aromatic carbocycles. The van der Waals surface area contributed by atoms with Crippen LogP contribution in [0.1, 0.15) is 17.2 Å². The van der Waals surface area contributed by atoms with Crippen molar-refractivity contribution in [3.63, 3.8) is 0 Å². The average Bonchev–Trinajstić information content (AvgIpc) is 2.32.